The van der Waals surface area contributed by atoms with Crippen molar-refractivity contribution in [2.45, 2.75) is 0 Å². The molecule has 1 saturated heterocycles. The number of carbonyl (C=O) groups is 2. The van der Waals surface area contributed by atoms with E-state index in [1.54, 1.807) is 0 Å². The summed E-state index contributed by atoms with van der Waals surface area (Å²) in [4.78, 5) is 22.1. The zero-order valence-electron chi connectivity index (χ0n) is 7.43. The van der Waals surface area contributed by atoms with Gasteiger partial charge in [0.25, 0.3) is 0 Å². The van der Waals surface area contributed by atoms with Crippen LogP contribution in [-0.4, -0.2) is 46.4 Å². The number of rotatable bonds is 2. The molecule has 2 rings (SSSR count). The van der Waals surface area contributed by atoms with Crippen molar-refractivity contribution < 1.29 is 14.7 Å². The standard InChI is InChI=1S/C9H9NO3.In/c1-3-5(2)6-4-10-8(11)7(6)9(12)13;/h1-3,6-7H,4H2,(H,10,11)(H,12,13);. The van der Waals surface area contributed by atoms with E-state index in [4.69, 9.17) is 5.11 Å². The van der Waals surface area contributed by atoms with Gasteiger partial charge >= 0.3 is 92.5 Å². The third-order valence-electron chi connectivity index (χ3n) is 2.56. The van der Waals surface area contributed by atoms with E-state index in [9.17, 15) is 9.59 Å². The normalized spacial score (nSPS) is 29.7. The van der Waals surface area contributed by atoms with Crippen molar-refractivity contribution in [1.82, 2.24) is 5.32 Å². The molecule has 0 aliphatic carbocycles. The second-order valence-electron chi connectivity index (χ2n) is 3.39. The van der Waals surface area contributed by atoms with Crippen molar-refractivity contribution >= 4 is 34.8 Å². The molecule has 2 atom stereocenters. The number of hydrogen-bond acceptors (Lipinski definition) is 2. The van der Waals surface area contributed by atoms with Gasteiger partial charge in [0.2, 0.25) is 0 Å². The van der Waals surface area contributed by atoms with Crippen LogP contribution in [0.4, 0.5) is 0 Å². The van der Waals surface area contributed by atoms with Gasteiger partial charge < -0.3 is 0 Å². The summed E-state index contributed by atoms with van der Waals surface area (Å²) in [7, 11) is 0. The van der Waals surface area contributed by atoms with Gasteiger partial charge in [-0.1, -0.05) is 0 Å². The predicted molar refractivity (Wildman–Crippen MR) is 50.6 cm³/mol. The number of carboxylic acid groups (broad SMARTS) is 1. The average molecular weight is 294 g/mol. The van der Waals surface area contributed by atoms with Gasteiger partial charge in [-0.05, 0) is 0 Å². The topological polar surface area (TPSA) is 66.4 Å². The van der Waals surface area contributed by atoms with Crippen molar-refractivity contribution in [2.24, 2.45) is 11.8 Å². The summed E-state index contributed by atoms with van der Waals surface area (Å²) in [5.74, 6) is -2.40. The fraction of sp³-hybridized carbons (Fsp3) is 0.333. The molecule has 0 aromatic rings. The Bertz CT molecular complexity index is 348. The minimum atomic E-state index is -1.01. The van der Waals surface area contributed by atoms with Crippen LogP contribution in [0.3, 0.4) is 0 Å². The van der Waals surface area contributed by atoms with Crippen molar-refractivity contribution in [3.63, 3.8) is 0 Å². The molecule has 1 amide bonds. The number of amides is 1. The molecule has 2 unspecified atom stereocenters. The van der Waals surface area contributed by atoms with Crippen LogP contribution in [0.1, 0.15) is 0 Å². The Morgan fingerprint density at radius 2 is 2.43 bits per heavy atom. The molecule has 1 radical (unpaired) electrons. The summed E-state index contributed by atoms with van der Waals surface area (Å²) in [6.07, 6.45) is 1.99. The molecule has 4 nitrogen and oxygen atoms in total. The third kappa shape index (κ3) is 1.61. The van der Waals surface area contributed by atoms with E-state index in [1.165, 1.54) is 0 Å². The average Bonchev–Trinajstić information content (AvgIpc) is 2.70. The molecule has 0 aromatic heterocycles. The van der Waals surface area contributed by atoms with E-state index in [2.05, 4.69) is 13.0 Å². The van der Waals surface area contributed by atoms with Gasteiger partial charge in [-0.25, -0.2) is 0 Å². The monoisotopic (exact) mass is 294 g/mol. The van der Waals surface area contributed by atoms with Crippen LogP contribution in [0.25, 0.3) is 0 Å². The van der Waals surface area contributed by atoms with Crippen molar-refractivity contribution in [3.8, 4) is 0 Å². The Morgan fingerprint density at radius 1 is 1.64 bits per heavy atom. The van der Waals surface area contributed by atoms with Crippen LogP contribution in [-0.2, 0) is 9.59 Å². The van der Waals surface area contributed by atoms with Crippen LogP contribution >= 0.6 is 0 Å². The van der Waals surface area contributed by atoms with Gasteiger partial charge in [0, 0.05) is 0 Å². The van der Waals surface area contributed by atoms with E-state index in [0.717, 1.165) is 5.57 Å². The summed E-state index contributed by atoms with van der Waals surface area (Å²) in [6.45, 7) is 0.467. The third-order valence-corrected chi connectivity index (χ3v) is 5.40. The molecular formula is C9H9InNO3. The Balaban J connectivity index is 2.23. The Morgan fingerprint density at radius 3 is 3.00 bits per heavy atom. The molecular weight excluding hydrogens is 285 g/mol. The van der Waals surface area contributed by atoms with Gasteiger partial charge in [-0.3, -0.25) is 0 Å². The van der Waals surface area contributed by atoms with Crippen molar-refractivity contribution in [2.75, 3.05) is 6.54 Å². The maximum atomic E-state index is 11.3. The van der Waals surface area contributed by atoms with Crippen molar-refractivity contribution in [1.29, 1.82) is 0 Å². The quantitative estimate of drug-likeness (QED) is 0.678. The molecule has 71 valence electrons. The molecule has 14 heavy (non-hydrogen) atoms. The molecule has 2 heterocycles. The first-order valence-corrected chi connectivity index (χ1v) is 8.23. The van der Waals surface area contributed by atoms with Crippen LogP contribution in [0.2, 0.25) is 0 Å². The SMILES string of the molecule is O=C(O)C1C(=O)NCC1C1=[CH][In][CH]=C1. The molecule has 0 saturated carbocycles. The molecule has 1 fully saturated rings. The maximum absolute atomic E-state index is 11.3. The summed E-state index contributed by atoms with van der Waals surface area (Å²) < 4.78 is 4.32. The zero-order valence-corrected chi connectivity index (χ0v) is 10.7. The predicted octanol–water partition coefficient (Wildman–Crippen LogP) is -0.451. The van der Waals surface area contributed by atoms with Gasteiger partial charge in [-0.2, -0.15) is 0 Å². The molecule has 0 bridgehead atoms. The number of allylic oxidation sites excluding steroid dienone is 1. The number of carboxylic acids is 1. The van der Waals surface area contributed by atoms with E-state index in [0.29, 0.717) is 6.54 Å². The zero-order chi connectivity index (χ0) is 10.1. The molecule has 2 N–H and O–H groups in total. The van der Waals surface area contributed by atoms with Crippen LogP contribution < -0.4 is 5.32 Å². The van der Waals surface area contributed by atoms with Crippen LogP contribution in [0.5, 0.6) is 0 Å². The first-order chi connectivity index (χ1) is 6.70. The van der Waals surface area contributed by atoms with Gasteiger partial charge in [0.05, 0.1) is 0 Å². The summed E-state index contributed by atoms with van der Waals surface area (Å²) >= 11 is -0.687. The van der Waals surface area contributed by atoms with Crippen molar-refractivity contribution in [3.05, 3.63) is 19.3 Å². The fourth-order valence-electron chi connectivity index (χ4n) is 1.85. The summed E-state index contributed by atoms with van der Waals surface area (Å²) in [6, 6.07) is 0. The first-order valence-electron chi connectivity index (χ1n) is 4.42. The Labute approximate surface area is 92.4 Å². The molecule has 0 spiro atoms. The van der Waals surface area contributed by atoms with Gasteiger partial charge in [-0.15, -0.1) is 0 Å². The van der Waals surface area contributed by atoms with Gasteiger partial charge in [0.15, 0.2) is 0 Å². The van der Waals surface area contributed by atoms with Crippen LogP contribution in [0.15, 0.2) is 19.3 Å². The number of hydrogen-bond donors (Lipinski definition) is 2. The van der Waals surface area contributed by atoms with Crippen LogP contribution in [0, 0.1) is 11.8 Å². The van der Waals surface area contributed by atoms with E-state index in [1.807, 2.05) is 6.08 Å². The van der Waals surface area contributed by atoms with Gasteiger partial charge in [0.1, 0.15) is 0 Å². The second-order valence-corrected chi connectivity index (χ2v) is 6.53. The molecule has 5 heteroatoms. The molecule has 0 aromatic carbocycles. The fourth-order valence-corrected chi connectivity index (χ4v) is 4.78. The van der Waals surface area contributed by atoms with E-state index in [-0.39, 0.29) is 11.8 Å². The summed E-state index contributed by atoms with van der Waals surface area (Å²) in [5.41, 5.74) is 1.05. The minimum absolute atomic E-state index is 0.148. The molecule has 2 aliphatic heterocycles. The number of aliphatic carboxylic acids is 1. The number of nitrogens with one attached hydrogen (secondary N) is 1. The van der Waals surface area contributed by atoms with E-state index >= 15 is 0 Å². The number of carbonyl (C=O) groups excluding carboxylic acids is 1. The molecule has 2 aliphatic rings. The second kappa shape index (κ2) is 3.81. The Kier molecular flexibility index (Phi) is 2.67. The first kappa shape index (κ1) is 9.83. The Hall–Kier alpha value is -0.710. The summed E-state index contributed by atoms with van der Waals surface area (Å²) in [5, 5.41) is 11.5. The van der Waals surface area contributed by atoms with E-state index < -0.39 is 34.8 Å².